The van der Waals surface area contributed by atoms with Crippen LogP contribution in [0.25, 0.3) is 16.6 Å². The first-order valence-corrected chi connectivity index (χ1v) is 9.64. The van der Waals surface area contributed by atoms with E-state index >= 15 is 0 Å². The Balaban J connectivity index is 1.52. The van der Waals surface area contributed by atoms with E-state index in [0.717, 1.165) is 29.8 Å². The lowest BCUT2D eigenvalue weighted by Crippen LogP contribution is -2.50. The van der Waals surface area contributed by atoms with E-state index in [2.05, 4.69) is 25.8 Å². The summed E-state index contributed by atoms with van der Waals surface area (Å²) in [5.74, 6) is 0.668. The number of rotatable bonds is 4. The van der Waals surface area contributed by atoms with Gasteiger partial charge in [0.2, 0.25) is 0 Å². The first kappa shape index (κ1) is 18.8. The highest BCUT2D eigenvalue weighted by molar-refractivity contribution is 5.83. The number of phenols is 1. The van der Waals surface area contributed by atoms with Crippen LogP contribution in [0.3, 0.4) is 0 Å². The number of benzene rings is 2. The number of nitrogens with zero attached hydrogens (tertiary/aromatic N) is 4. The number of imidazole rings is 1. The monoisotopic (exact) mass is 389 g/mol. The number of para-hydroxylation sites is 4. The number of anilines is 1. The fourth-order valence-corrected chi connectivity index (χ4v) is 3.77. The molecule has 3 N–H and O–H groups in total. The normalized spacial score (nSPS) is 17.0. The van der Waals surface area contributed by atoms with Crippen LogP contribution in [-0.2, 0) is 0 Å². The zero-order valence-corrected chi connectivity index (χ0v) is 16.2. The molecule has 4 rings (SSSR count). The molecule has 2 heterocycles. The number of aromatic hydroxyl groups is 1. The summed E-state index contributed by atoms with van der Waals surface area (Å²) in [6.45, 7) is 4.76. The molecule has 1 saturated heterocycles. The van der Waals surface area contributed by atoms with E-state index in [-0.39, 0.29) is 23.1 Å². The van der Waals surface area contributed by atoms with E-state index in [1.807, 2.05) is 49.4 Å². The molecule has 2 aromatic carbocycles. The Morgan fingerprint density at radius 1 is 1.10 bits per heavy atom. The van der Waals surface area contributed by atoms with Gasteiger partial charge in [0.05, 0.1) is 22.8 Å². The Kier molecular flexibility index (Phi) is 5.10. The van der Waals surface area contributed by atoms with Crippen LogP contribution in [0.15, 0.2) is 54.3 Å². The topological polar surface area (TPSA) is 99.4 Å². The van der Waals surface area contributed by atoms with Crippen molar-refractivity contribution in [3.63, 3.8) is 0 Å². The second kappa shape index (κ2) is 7.86. The number of nitrogens with one attached hydrogen (secondary N) is 1. The molecule has 1 fully saturated rings. The average molecular weight is 389 g/mol. The van der Waals surface area contributed by atoms with Crippen molar-refractivity contribution in [2.45, 2.75) is 13.0 Å². The van der Waals surface area contributed by atoms with Crippen molar-refractivity contribution in [1.82, 2.24) is 14.9 Å². The van der Waals surface area contributed by atoms with Gasteiger partial charge in [0.15, 0.2) is 5.82 Å². The molecule has 0 unspecified atom stereocenters. The van der Waals surface area contributed by atoms with Gasteiger partial charge in [0, 0.05) is 26.2 Å². The van der Waals surface area contributed by atoms with Gasteiger partial charge < -0.3 is 20.1 Å². The van der Waals surface area contributed by atoms with Crippen LogP contribution >= 0.6 is 0 Å². The third-order valence-corrected chi connectivity index (χ3v) is 5.47. The second-order valence-electron chi connectivity index (χ2n) is 7.16. The highest BCUT2D eigenvalue weighted by Gasteiger charge is 2.27. The minimum Gasteiger partial charge on any atom is -0.509 e. The largest absolute Gasteiger partial charge is 0.509 e. The second-order valence-corrected chi connectivity index (χ2v) is 7.16. The van der Waals surface area contributed by atoms with Crippen molar-refractivity contribution < 1.29 is 10.2 Å². The lowest BCUT2D eigenvalue weighted by Gasteiger charge is -2.39. The molecule has 3 aromatic rings. The third kappa shape index (κ3) is 3.62. The van der Waals surface area contributed by atoms with Crippen LogP contribution in [-0.4, -0.2) is 57.3 Å². The fraction of sp³-hybridized carbons (Fsp3) is 0.273. The average Bonchev–Trinajstić information content (AvgIpc) is 3.18. The molecule has 7 heteroatoms. The number of H-pyrrole nitrogens is 1. The van der Waals surface area contributed by atoms with E-state index in [4.69, 9.17) is 0 Å². The summed E-state index contributed by atoms with van der Waals surface area (Å²) in [5, 5.41) is 30.6. The Morgan fingerprint density at radius 2 is 1.79 bits per heavy atom. The molecule has 0 aliphatic carbocycles. The van der Waals surface area contributed by atoms with Gasteiger partial charge in [-0.3, -0.25) is 4.90 Å². The van der Waals surface area contributed by atoms with Crippen LogP contribution in [0.4, 0.5) is 5.69 Å². The third-order valence-electron chi connectivity index (χ3n) is 5.47. The summed E-state index contributed by atoms with van der Waals surface area (Å²) in [6.07, 6.45) is 0. The predicted octanol–water partition coefficient (Wildman–Crippen LogP) is 3.27. The van der Waals surface area contributed by atoms with Crippen LogP contribution in [0.1, 0.15) is 12.7 Å². The van der Waals surface area contributed by atoms with Crippen molar-refractivity contribution >= 4 is 22.3 Å². The molecule has 29 heavy (non-hydrogen) atoms. The fourth-order valence-electron chi connectivity index (χ4n) is 3.77. The van der Waals surface area contributed by atoms with Gasteiger partial charge in [-0.25, -0.2) is 4.98 Å². The van der Waals surface area contributed by atoms with Crippen molar-refractivity contribution in [3.05, 3.63) is 60.1 Å². The van der Waals surface area contributed by atoms with E-state index in [1.54, 1.807) is 6.07 Å². The summed E-state index contributed by atoms with van der Waals surface area (Å²) in [7, 11) is 0. The zero-order valence-electron chi connectivity index (χ0n) is 16.2. The quantitative estimate of drug-likeness (QED) is 0.468. The molecule has 0 radical (unpaired) electrons. The molecule has 0 spiro atoms. The van der Waals surface area contributed by atoms with Crippen LogP contribution < -0.4 is 4.90 Å². The minimum atomic E-state index is -0.315. The van der Waals surface area contributed by atoms with E-state index in [1.165, 1.54) is 0 Å². The first-order chi connectivity index (χ1) is 14.1. The number of aromatic amines is 1. The Bertz CT molecular complexity index is 1060. The van der Waals surface area contributed by atoms with Gasteiger partial charge in [-0.15, -0.1) is 0 Å². The molecule has 1 aliphatic heterocycles. The SMILES string of the molecule is C[C@H](/C(O)=C(\C#N)c1nc2ccccc2[nH]1)N1CCN(c2ccccc2O)CC1. The Morgan fingerprint density at radius 3 is 2.48 bits per heavy atom. The number of aromatic nitrogens is 2. The summed E-state index contributed by atoms with van der Waals surface area (Å²) >= 11 is 0. The molecule has 148 valence electrons. The Hall–Kier alpha value is -3.50. The van der Waals surface area contributed by atoms with E-state index in [9.17, 15) is 15.5 Å². The van der Waals surface area contributed by atoms with Crippen molar-refractivity contribution in [2.75, 3.05) is 31.1 Å². The molecule has 0 amide bonds. The number of nitriles is 1. The van der Waals surface area contributed by atoms with Gasteiger partial charge >= 0.3 is 0 Å². The smallest absolute Gasteiger partial charge is 0.152 e. The summed E-state index contributed by atoms with van der Waals surface area (Å²) < 4.78 is 0. The van der Waals surface area contributed by atoms with Crippen LogP contribution in [0.2, 0.25) is 0 Å². The molecule has 1 atom stereocenters. The number of piperazine rings is 1. The molecular formula is C22H23N5O2. The van der Waals surface area contributed by atoms with Gasteiger partial charge in [0.25, 0.3) is 0 Å². The first-order valence-electron chi connectivity index (χ1n) is 9.64. The number of phenolic OH excluding ortho intramolecular Hbond substituents is 1. The summed E-state index contributed by atoms with van der Waals surface area (Å²) in [4.78, 5) is 11.8. The predicted molar refractivity (Wildman–Crippen MR) is 113 cm³/mol. The lowest BCUT2D eigenvalue weighted by molar-refractivity contribution is 0.178. The van der Waals surface area contributed by atoms with Crippen molar-refractivity contribution in [2.24, 2.45) is 0 Å². The lowest BCUT2D eigenvalue weighted by atomic mass is 10.1. The highest BCUT2D eigenvalue weighted by Crippen LogP contribution is 2.28. The van der Waals surface area contributed by atoms with Gasteiger partial charge in [-0.2, -0.15) is 5.26 Å². The van der Waals surface area contributed by atoms with Gasteiger partial charge in [0.1, 0.15) is 23.2 Å². The molecule has 1 aromatic heterocycles. The number of allylic oxidation sites excluding steroid dienone is 1. The standard InChI is InChI=1S/C22H23N5O2/c1-15(26-10-12-27(13-11-26)19-8-4-5-9-20(19)28)21(29)16(14-23)22-24-17-6-2-3-7-18(17)25-22/h2-9,15,28-29H,10-13H2,1H3,(H,24,25)/b21-16-/t15-/m1/s1. The Labute approximate surface area is 169 Å². The number of hydrogen-bond donors (Lipinski definition) is 3. The molecule has 1 aliphatic rings. The number of hydrogen-bond acceptors (Lipinski definition) is 6. The number of aliphatic hydroxyl groups excluding tert-OH is 1. The summed E-state index contributed by atoms with van der Waals surface area (Å²) in [6, 6.07) is 16.6. The molecule has 0 saturated carbocycles. The number of aliphatic hydroxyl groups is 1. The van der Waals surface area contributed by atoms with E-state index in [0.29, 0.717) is 18.9 Å². The van der Waals surface area contributed by atoms with Crippen LogP contribution in [0, 0.1) is 11.3 Å². The minimum absolute atomic E-state index is 0.0163. The highest BCUT2D eigenvalue weighted by atomic mass is 16.3. The van der Waals surface area contributed by atoms with Gasteiger partial charge in [-0.05, 0) is 31.2 Å². The van der Waals surface area contributed by atoms with Crippen molar-refractivity contribution in [3.8, 4) is 11.8 Å². The van der Waals surface area contributed by atoms with Gasteiger partial charge in [-0.1, -0.05) is 24.3 Å². The number of fused-ring (bicyclic) bond motifs is 1. The summed E-state index contributed by atoms with van der Waals surface area (Å²) in [5.41, 5.74) is 2.57. The maximum Gasteiger partial charge on any atom is 0.152 e. The maximum absolute atomic E-state index is 10.8. The molecule has 7 nitrogen and oxygen atoms in total. The zero-order chi connectivity index (χ0) is 20.4. The molecular weight excluding hydrogens is 366 g/mol. The van der Waals surface area contributed by atoms with E-state index < -0.39 is 0 Å². The molecule has 0 bridgehead atoms. The van der Waals surface area contributed by atoms with Crippen molar-refractivity contribution in [1.29, 1.82) is 5.26 Å². The maximum atomic E-state index is 10.8. The van der Waals surface area contributed by atoms with Crippen LogP contribution in [0.5, 0.6) is 5.75 Å².